The normalized spacial score (nSPS) is 46.0. The van der Waals surface area contributed by atoms with Gasteiger partial charge in [-0.3, -0.25) is 14.4 Å². The zero-order valence-corrected chi connectivity index (χ0v) is 52.5. The maximum atomic E-state index is 14.0. The van der Waals surface area contributed by atoms with Gasteiger partial charge in [0.25, 0.3) is 11.6 Å². The second kappa shape index (κ2) is 34.1. The molecule has 0 aromatic carbocycles. The van der Waals surface area contributed by atoms with Crippen LogP contribution in [0.2, 0.25) is 0 Å². The maximum absolute atomic E-state index is 14.0. The Hall–Kier alpha value is -4.01. The molecule has 7 fully saturated rings. The molecule has 0 aromatic rings. The van der Waals surface area contributed by atoms with Crippen LogP contribution in [0.1, 0.15) is 40.5 Å². The van der Waals surface area contributed by atoms with Crippen LogP contribution >= 0.6 is 0 Å². The van der Waals surface area contributed by atoms with Gasteiger partial charge < -0.3 is 195 Å². The van der Waals surface area contributed by atoms with Crippen LogP contribution in [0.25, 0.3) is 0 Å². The standard InChI is InChI=1S/C54H89N3O41/c1-13-38(32(74)34(76)46(80)87-13)92-40-24(12-86-53(51(82)83)5-17(66)25(55-14(2)63)42(96-53)28(70)19(68)7-58)91-50(37(79)45(40)98-54(52(84)85)6-18(67)26(56-15(3)64)43(97-54)29(71)20(69)8-59)94-41-27(57-16(4)65)48(89-21(9-60)30(41)72)95-44-31(73)22(10-61)90-49(36(44)78)93-39-23(11-62)88-47(81)35(77)33(39)75/h13,17-50,58-62,66-81H,5-12H2,1-4H3,(H,55,63)(H,56,64)(H,57,65)(H,82,83)(H,84,85)/t13-,17-,18-,19+,20+,21+,22+,23+,24+,25+,26+,27+,28+,29+,30+,31-,32-,33+,34-,35+,36+,37+,38+,39+,40-,41+,42+,43+,44-,45+,46-,47?,48-,49-,50-,53-,54+/m0/s1. The summed E-state index contributed by atoms with van der Waals surface area (Å²) in [5, 5.41) is 260. The molecule has 7 aliphatic heterocycles. The molecule has 44 nitrogen and oxygen atoms in total. The third kappa shape index (κ3) is 17.4. The lowest BCUT2D eigenvalue weighted by Gasteiger charge is -2.53. The van der Waals surface area contributed by atoms with Crippen LogP contribution in [-0.2, 0) is 85.6 Å². The summed E-state index contributed by atoms with van der Waals surface area (Å²) in [7, 11) is 0. The van der Waals surface area contributed by atoms with Crippen LogP contribution in [-0.4, -0.2) is 413 Å². The lowest BCUT2D eigenvalue weighted by molar-refractivity contribution is -0.401. The first-order chi connectivity index (χ1) is 45.9. The molecular weight excluding hydrogens is 1350 g/mol. The number of aliphatic carboxylic acids is 2. The highest BCUT2D eigenvalue weighted by Crippen LogP contribution is 2.43. The van der Waals surface area contributed by atoms with Crippen LogP contribution in [0.15, 0.2) is 0 Å². The molecule has 0 aromatic heterocycles. The Kier molecular flexibility index (Phi) is 28.3. The molecule has 0 radical (unpaired) electrons. The highest BCUT2D eigenvalue weighted by atomic mass is 16.8. The minimum atomic E-state index is -3.59. The molecule has 26 N–H and O–H groups in total. The Balaban J connectivity index is 1.38. The van der Waals surface area contributed by atoms with Crippen LogP contribution in [0.3, 0.4) is 0 Å². The van der Waals surface area contributed by atoms with E-state index in [9.17, 15) is 141 Å². The largest absolute Gasteiger partial charge is 0.477 e. The number of hydrogen-bond acceptors (Lipinski definition) is 39. The third-order valence-corrected chi connectivity index (χ3v) is 17.7. The lowest BCUT2D eigenvalue weighted by Crippen LogP contribution is -2.72. The fraction of sp³-hybridized carbons (Fsp3) is 0.907. The summed E-state index contributed by atoms with van der Waals surface area (Å²) < 4.78 is 76.3. The second-order valence-corrected chi connectivity index (χ2v) is 24.6. The molecule has 7 rings (SSSR count). The summed E-state index contributed by atoms with van der Waals surface area (Å²) in [5.74, 6) is -14.4. The molecule has 7 aliphatic rings. The highest BCUT2D eigenvalue weighted by molar-refractivity contribution is 5.77. The van der Waals surface area contributed by atoms with E-state index >= 15 is 0 Å². The van der Waals surface area contributed by atoms with E-state index < -0.39 is 308 Å². The smallest absolute Gasteiger partial charge is 0.364 e. The van der Waals surface area contributed by atoms with Crippen molar-refractivity contribution in [3.05, 3.63) is 0 Å². The van der Waals surface area contributed by atoms with E-state index in [2.05, 4.69) is 16.0 Å². The Bertz CT molecular complexity index is 2630. The Labute approximate surface area is 553 Å². The fourth-order valence-corrected chi connectivity index (χ4v) is 12.6. The zero-order valence-electron chi connectivity index (χ0n) is 52.5. The minimum absolute atomic E-state index is 0.855. The molecule has 7 saturated heterocycles. The number of hydrogen-bond donors (Lipinski definition) is 26. The number of aliphatic hydroxyl groups is 21. The van der Waals surface area contributed by atoms with Gasteiger partial charge in [0.2, 0.25) is 17.7 Å². The van der Waals surface area contributed by atoms with Gasteiger partial charge in [-0.2, -0.15) is 0 Å². The van der Waals surface area contributed by atoms with Crippen molar-refractivity contribution < 1.29 is 203 Å². The van der Waals surface area contributed by atoms with Crippen molar-refractivity contribution in [2.45, 2.75) is 266 Å². The summed E-state index contributed by atoms with van der Waals surface area (Å²) in [6, 6.07) is -5.87. The summed E-state index contributed by atoms with van der Waals surface area (Å²) in [6.07, 6.45) is -74.4. The Morgan fingerprint density at radius 1 is 0.439 bits per heavy atom. The number of aliphatic hydroxyl groups excluding tert-OH is 21. The van der Waals surface area contributed by atoms with E-state index in [0.717, 1.165) is 27.7 Å². The van der Waals surface area contributed by atoms with Crippen LogP contribution in [0.5, 0.6) is 0 Å². The average Bonchev–Trinajstić information content (AvgIpc) is 0.752. The number of ether oxygens (including phenoxy) is 13. The minimum Gasteiger partial charge on any atom is -0.477 e. The predicted octanol–water partition coefficient (Wildman–Crippen LogP) is -16.4. The van der Waals surface area contributed by atoms with Gasteiger partial charge in [0.05, 0.1) is 70.0 Å². The average molecular weight is 1440 g/mol. The van der Waals surface area contributed by atoms with Crippen molar-refractivity contribution in [1.82, 2.24) is 16.0 Å². The van der Waals surface area contributed by atoms with Gasteiger partial charge in [-0.15, -0.1) is 0 Å². The van der Waals surface area contributed by atoms with Gasteiger partial charge in [0.1, 0.15) is 153 Å². The Morgan fingerprint density at radius 3 is 1.33 bits per heavy atom. The molecule has 37 atom stereocenters. The van der Waals surface area contributed by atoms with Crippen molar-refractivity contribution in [3.8, 4) is 0 Å². The summed E-state index contributed by atoms with van der Waals surface area (Å²) in [5.41, 5.74) is 0. The van der Waals surface area contributed by atoms with E-state index in [1.54, 1.807) is 0 Å². The first-order valence-electron chi connectivity index (χ1n) is 30.7. The number of carbonyl (C=O) groups excluding carboxylic acids is 3. The van der Waals surface area contributed by atoms with Gasteiger partial charge in [-0.1, -0.05) is 0 Å². The van der Waals surface area contributed by atoms with E-state index in [-0.39, 0.29) is 0 Å². The molecule has 98 heavy (non-hydrogen) atoms. The lowest BCUT2D eigenvalue weighted by atomic mass is 9.87. The number of carboxylic acids is 2. The first kappa shape index (κ1) is 81.3. The monoisotopic (exact) mass is 1440 g/mol. The quantitative estimate of drug-likeness (QED) is 0.0363. The van der Waals surface area contributed by atoms with Crippen molar-refractivity contribution in [2.75, 3.05) is 39.6 Å². The van der Waals surface area contributed by atoms with E-state index in [4.69, 9.17) is 61.6 Å². The molecule has 3 amide bonds. The summed E-state index contributed by atoms with van der Waals surface area (Å²) in [4.78, 5) is 65.8. The van der Waals surface area contributed by atoms with Crippen LogP contribution in [0.4, 0.5) is 0 Å². The maximum Gasteiger partial charge on any atom is 0.364 e. The topological polar surface area (TPSA) is 707 Å². The molecule has 7 heterocycles. The second-order valence-electron chi connectivity index (χ2n) is 24.6. The van der Waals surface area contributed by atoms with Gasteiger partial charge in [-0.25, -0.2) is 9.59 Å². The number of amides is 3. The van der Waals surface area contributed by atoms with Crippen LogP contribution in [0, 0.1) is 0 Å². The molecule has 0 saturated carbocycles. The molecule has 0 aliphatic carbocycles. The highest BCUT2D eigenvalue weighted by Gasteiger charge is 2.64. The van der Waals surface area contributed by atoms with Gasteiger partial charge in [0.15, 0.2) is 31.5 Å². The molecular formula is C54H89N3O41. The Morgan fingerprint density at radius 2 is 0.847 bits per heavy atom. The summed E-state index contributed by atoms with van der Waals surface area (Å²) >= 11 is 0. The van der Waals surface area contributed by atoms with Gasteiger partial charge in [0, 0.05) is 33.6 Å². The SMILES string of the molecule is CC(=O)N[C@H]1[C@H](O[C@H]2[C@@H](O)[C@@H](CO)O[C@@H](O[C@H]3[C@H](O)[C@@H](O)C(O)O[C@@H]3CO)[C@@H]2O)O[C@H](CO)[C@@H](O)[C@@H]1O[C@@H]1O[C@H](CO[C@@]2(C(=O)O)C[C@H](O)[C@@H](NC(C)=O)[C@H]([C@H](O)[C@H](O)CO)O2)[C@H](O[C@H]2[C@@H](O)[C@H](O)[C@@H](O)O[C@H]2C)[C@H](O[C@@]2(C(=O)O)C[C@H](O)[C@@H](NC(C)=O)[C@H]([C@H](O)[C@H](O)CO)O2)[C@H]1O. The summed E-state index contributed by atoms with van der Waals surface area (Å²) in [6.45, 7) is -3.65. The van der Waals surface area contributed by atoms with Crippen molar-refractivity contribution >= 4 is 29.7 Å². The third-order valence-electron chi connectivity index (χ3n) is 17.7. The fourth-order valence-electron chi connectivity index (χ4n) is 12.6. The van der Waals surface area contributed by atoms with E-state index in [0.29, 0.717) is 0 Å². The van der Waals surface area contributed by atoms with Crippen molar-refractivity contribution in [1.29, 1.82) is 0 Å². The van der Waals surface area contributed by atoms with E-state index in [1.807, 2.05) is 0 Å². The predicted molar refractivity (Wildman–Crippen MR) is 300 cm³/mol. The van der Waals surface area contributed by atoms with Crippen molar-refractivity contribution in [2.24, 2.45) is 0 Å². The van der Waals surface area contributed by atoms with Crippen LogP contribution < -0.4 is 16.0 Å². The zero-order chi connectivity index (χ0) is 73.1. The number of carbonyl (C=O) groups is 5. The molecule has 0 bridgehead atoms. The van der Waals surface area contributed by atoms with Crippen molar-refractivity contribution in [3.63, 3.8) is 0 Å². The number of carboxylic acid groups (broad SMARTS) is 2. The molecule has 566 valence electrons. The number of rotatable bonds is 27. The van der Waals surface area contributed by atoms with Gasteiger partial charge in [-0.05, 0) is 6.92 Å². The molecule has 1 unspecified atom stereocenters. The first-order valence-corrected chi connectivity index (χ1v) is 30.7. The molecule has 44 heteroatoms. The van der Waals surface area contributed by atoms with Gasteiger partial charge >= 0.3 is 11.9 Å². The van der Waals surface area contributed by atoms with E-state index in [1.165, 1.54) is 0 Å². The molecule has 0 spiro atoms. The number of nitrogens with one attached hydrogen (secondary N) is 3.